The summed E-state index contributed by atoms with van der Waals surface area (Å²) in [6.07, 6.45) is 2.13. The highest BCUT2D eigenvalue weighted by Gasteiger charge is 1.98. The number of benzene rings is 1. The summed E-state index contributed by atoms with van der Waals surface area (Å²) in [6.45, 7) is 4.98. The summed E-state index contributed by atoms with van der Waals surface area (Å²) in [7, 11) is 0. The van der Waals surface area contributed by atoms with E-state index in [1.165, 1.54) is 5.57 Å². The quantitative estimate of drug-likeness (QED) is 0.646. The fourth-order valence-electron chi connectivity index (χ4n) is 0.998. The molecule has 0 aromatic heterocycles. The smallest absolute Gasteiger partial charge is 0.0648 e. The third-order valence-corrected chi connectivity index (χ3v) is 2.72. The molecule has 0 fully saturated rings. The largest absolute Gasteiger partial charge is 0.380 e. The fourth-order valence-corrected chi connectivity index (χ4v) is 1.92. The van der Waals surface area contributed by atoms with Crippen LogP contribution in [0.1, 0.15) is 13.8 Å². The molecule has 1 nitrogen and oxygen atoms in total. The predicted octanol–water partition coefficient (Wildman–Crippen LogP) is 4.32. The maximum Gasteiger partial charge on any atom is 0.0648 e. The lowest BCUT2D eigenvalue weighted by atomic mass is 10.3. The number of anilines is 1. The molecule has 0 aliphatic carbocycles. The summed E-state index contributed by atoms with van der Waals surface area (Å²) in [6, 6.07) is 5.99. The highest BCUT2D eigenvalue weighted by Crippen LogP contribution is 2.23. The summed E-state index contributed by atoms with van der Waals surface area (Å²) in [5, 5.41) is 4.04. The molecule has 3 heteroatoms. The van der Waals surface area contributed by atoms with E-state index in [0.717, 1.165) is 20.8 Å². The number of allylic oxidation sites excluding steroid dienone is 1. The first-order valence-electron chi connectivity index (χ1n) is 4.42. The van der Waals surface area contributed by atoms with Gasteiger partial charge >= 0.3 is 0 Å². The maximum atomic E-state index is 6.06. The van der Waals surface area contributed by atoms with Gasteiger partial charge in [0.15, 0.2) is 0 Å². The predicted molar refractivity (Wildman–Crippen MR) is 72.1 cm³/mol. The van der Waals surface area contributed by atoms with Gasteiger partial charge in [-0.3, -0.25) is 0 Å². The van der Waals surface area contributed by atoms with Crippen molar-refractivity contribution in [3.8, 4) is 0 Å². The van der Waals surface area contributed by atoms with Crippen LogP contribution in [-0.2, 0) is 0 Å². The van der Waals surface area contributed by atoms with E-state index in [4.69, 9.17) is 11.6 Å². The Morgan fingerprint density at radius 3 is 2.79 bits per heavy atom. The Kier molecular flexibility index (Phi) is 4.75. The summed E-state index contributed by atoms with van der Waals surface area (Å²) in [4.78, 5) is 0. The van der Waals surface area contributed by atoms with Crippen molar-refractivity contribution in [3.05, 3.63) is 38.4 Å². The van der Waals surface area contributed by atoms with Gasteiger partial charge in [0.25, 0.3) is 0 Å². The molecule has 0 radical (unpaired) electrons. The van der Waals surface area contributed by atoms with Gasteiger partial charge in [0.05, 0.1) is 10.7 Å². The number of hydrogen-bond donors (Lipinski definition) is 1. The molecule has 1 aromatic carbocycles. The Morgan fingerprint density at radius 2 is 2.21 bits per heavy atom. The second-order valence-electron chi connectivity index (χ2n) is 3.29. The minimum absolute atomic E-state index is 0.777. The molecule has 0 saturated carbocycles. The molecule has 0 aliphatic heterocycles. The van der Waals surface area contributed by atoms with Crippen molar-refractivity contribution < 1.29 is 0 Å². The molecule has 1 aromatic rings. The number of rotatable bonds is 3. The molecule has 76 valence electrons. The Balaban J connectivity index is 2.64. The van der Waals surface area contributed by atoms with E-state index in [9.17, 15) is 0 Å². The highest BCUT2D eigenvalue weighted by atomic mass is 127. The second kappa shape index (κ2) is 5.61. The van der Waals surface area contributed by atoms with Crippen molar-refractivity contribution in [2.24, 2.45) is 0 Å². The molecule has 0 atom stereocenters. The zero-order chi connectivity index (χ0) is 10.6. The van der Waals surface area contributed by atoms with E-state index >= 15 is 0 Å². The van der Waals surface area contributed by atoms with Gasteiger partial charge in [-0.15, -0.1) is 0 Å². The van der Waals surface area contributed by atoms with Crippen molar-refractivity contribution in [2.75, 3.05) is 11.9 Å². The first-order chi connectivity index (χ1) is 6.59. The van der Waals surface area contributed by atoms with E-state index in [0.29, 0.717) is 0 Å². The molecule has 1 N–H and O–H groups in total. The van der Waals surface area contributed by atoms with Gasteiger partial charge in [0.1, 0.15) is 0 Å². The summed E-state index contributed by atoms with van der Waals surface area (Å²) >= 11 is 8.30. The van der Waals surface area contributed by atoms with Gasteiger partial charge in [-0.25, -0.2) is 0 Å². The molecule has 0 heterocycles. The molecule has 0 amide bonds. The van der Waals surface area contributed by atoms with Gasteiger partial charge in [-0.2, -0.15) is 0 Å². The molecule has 0 bridgehead atoms. The standard InChI is InChI=1S/C11H13ClIN/c1-8(2)5-6-14-11-4-3-9(13)7-10(11)12/h3-5,7,14H,6H2,1-2H3. The van der Waals surface area contributed by atoms with Crippen LogP contribution in [0.4, 0.5) is 5.69 Å². The maximum absolute atomic E-state index is 6.06. The monoisotopic (exact) mass is 321 g/mol. The van der Waals surface area contributed by atoms with Crippen LogP contribution < -0.4 is 5.32 Å². The van der Waals surface area contributed by atoms with Crippen molar-refractivity contribution in [1.29, 1.82) is 0 Å². The third-order valence-electron chi connectivity index (χ3n) is 1.73. The van der Waals surface area contributed by atoms with E-state index in [2.05, 4.69) is 47.8 Å². The minimum atomic E-state index is 0.777. The van der Waals surface area contributed by atoms with E-state index < -0.39 is 0 Å². The second-order valence-corrected chi connectivity index (χ2v) is 4.94. The summed E-state index contributed by atoms with van der Waals surface area (Å²) < 4.78 is 1.15. The fraction of sp³-hybridized carbons (Fsp3) is 0.273. The summed E-state index contributed by atoms with van der Waals surface area (Å²) in [5.41, 5.74) is 2.30. The van der Waals surface area contributed by atoms with Crippen LogP contribution in [0.25, 0.3) is 0 Å². The lowest BCUT2D eigenvalue weighted by Crippen LogP contribution is -1.99. The van der Waals surface area contributed by atoms with Crippen LogP contribution >= 0.6 is 34.2 Å². The molecular formula is C11H13ClIN. The Morgan fingerprint density at radius 1 is 1.50 bits per heavy atom. The van der Waals surface area contributed by atoms with Gasteiger partial charge in [0.2, 0.25) is 0 Å². The Hall–Kier alpha value is -0.220. The minimum Gasteiger partial charge on any atom is -0.380 e. The van der Waals surface area contributed by atoms with Crippen LogP contribution in [0.5, 0.6) is 0 Å². The van der Waals surface area contributed by atoms with E-state index in [-0.39, 0.29) is 0 Å². The van der Waals surface area contributed by atoms with Gasteiger partial charge in [-0.05, 0) is 54.6 Å². The zero-order valence-electron chi connectivity index (χ0n) is 8.27. The lowest BCUT2D eigenvalue weighted by molar-refractivity contribution is 1.26. The Bertz CT molecular complexity index is 343. The zero-order valence-corrected chi connectivity index (χ0v) is 11.2. The molecule has 1 rings (SSSR count). The van der Waals surface area contributed by atoms with E-state index in [1.807, 2.05) is 18.2 Å². The van der Waals surface area contributed by atoms with Crippen molar-refractivity contribution >= 4 is 39.9 Å². The molecule has 0 aliphatic rings. The summed E-state index contributed by atoms with van der Waals surface area (Å²) in [5.74, 6) is 0. The van der Waals surface area contributed by atoms with Crippen molar-refractivity contribution in [1.82, 2.24) is 0 Å². The molecule has 14 heavy (non-hydrogen) atoms. The number of nitrogens with one attached hydrogen (secondary N) is 1. The molecular weight excluding hydrogens is 308 g/mol. The Labute approximate surface area is 104 Å². The average Bonchev–Trinajstić information content (AvgIpc) is 2.08. The molecule has 0 spiro atoms. The van der Waals surface area contributed by atoms with Crippen LogP contribution in [0.3, 0.4) is 0 Å². The van der Waals surface area contributed by atoms with E-state index in [1.54, 1.807) is 0 Å². The lowest BCUT2D eigenvalue weighted by Gasteiger charge is -2.06. The number of halogens is 2. The number of hydrogen-bond acceptors (Lipinski definition) is 1. The topological polar surface area (TPSA) is 12.0 Å². The van der Waals surface area contributed by atoms with Crippen molar-refractivity contribution in [2.45, 2.75) is 13.8 Å². The SMILES string of the molecule is CC(C)=CCNc1ccc(I)cc1Cl. The first-order valence-corrected chi connectivity index (χ1v) is 5.87. The molecule has 0 unspecified atom stereocenters. The van der Waals surface area contributed by atoms with Crippen molar-refractivity contribution in [3.63, 3.8) is 0 Å². The van der Waals surface area contributed by atoms with Gasteiger partial charge in [0, 0.05) is 10.1 Å². The molecule has 0 saturated heterocycles. The average molecular weight is 322 g/mol. The van der Waals surface area contributed by atoms with Gasteiger partial charge < -0.3 is 5.32 Å². The van der Waals surface area contributed by atoms with Crippen LogP contribution in [0.2, 0.25) is 5.02 Å². The highest BCUT2D eigenvalue weighted by molar-refractivity contribution is 14.1. The van der Waals surface area contributed by atoms with Gasteiger partial charge in [-0.1, -0.05) is 23.3 Å². The normalized spacial score (nSPS) is 9.71. The van der Waals surface area contributed by atoms with Crippen LogP contribution in [-0.4, -0.2) is 6.54 Å². The van der Waals surface area contributed by atoms with Crippen LogP contribution in [0.15, 0.2) is 29.8 Å². The first kappa shape index (κ1) is 11.9. The third kappa shape index (κ3) is 3.88. The van der Waals surface area contributed by atoms with Crippen LogP contribution in [0, 0.1) is 3.57 Å².